The van der Waals surface area contributed by atoms with E-state index in [4.69, 9.17) is 0 Å². The second-order valence-corrected chi connectivity index (χ2v) is 6.52. The molecule has 0 spiro atoms. The number of hydrogen-bond donors (Lipinski definition) is 1. The summed E-state index contributed by atoms with van der Waals surface area (Å²) in [7, 11) is 0. The van der Waals surface area contributed by atoms with Gasteiger partial charge in [-0.15, -0.1) is 0 Å². The highest BCUT2D eigenvalue weighted by molar-refractivity contribution is 5.33. The first kappa shape index (κ1) is 13.8. The molecule has 1 aliphatic heterocycles. The molecule has 2 fully saturated rings. The summed E-state index contributed by atoms with van der Waals surface area (Å²) in [6.45, 7) is 6.29. The van der Waals surface area contributed by atoms with E-state index in [0.29, 0.717) is 12.1 Å². The Hall–Kier alpha value is -1.16. The number of rotatable bonds is 4. The molecular formula is C16H26N4. The SMILES string of the molecule is CC(C)NCc1cnc(N2CCCC3CCCC32)nc1. The minimum absolute atomic E-state index is 0.496. The molecule has 2 heterocycles. The highest BCUT2D eigenvalue weighted by Gasteiger charge is 2.35. The quantitative estimate of drug-likeness (QED) is 0.916. The lowest BCUT2D eigenvalue weighted by atomic mass is 9.92. The van der Waals surface area contributed by atoms with E-state index in [2.05, 4.69) is 34.0 Å². The van der Waals surface area contributed by atoms with Crippen LogP contribution >= 0.6 is 0 Å². The molecule has 2 atom stereocenters. The van der Waals surface area contributed by atoms with Crippen molar-refractivity contribution < 1.29 is 0 Å². The van der Waals surface area contributed by atoms with Gasteiger partial charge in [-0.2, -0.15) is 0 Å². The van der Waals surface area contributed by atoms with Crippen LogP contribution < -0.4 is 10.2 Å². The second-order valence-electron chi connectivity index (χ2n) is 6.52. The van der Waals surface area contributed by atoms with Crippen LogP contribution in [0, 0.1) is 5.92 Å². The summed E-state index contributed by atoms with van der Waals surface area (Å²) in [5.41, 5.74) is 1.17. The standard InChI is InChI=1S/C16H26N4/c1-12(2)17-9-13-10-18-16(19-11-13)20-8-4-6-14-5-3-7-15(14)20/h10-12,14-15,17H,3-9H2,1-2H3. The number of aromatic nitrogens is 2. The van der Waals surface area contributed by atoms with Gasteiger partial charge >= 0.3 is 0 Å². The fourth-order valence-electron chi connectivity index (χ4n) is 3.61. The highest BCUT2D eigenvalue weighted by atomic mass is 15.3. The van der Waals surface area contributed by atoms with Gasteiger partial charge in [-0.25, -0.2) is 9.97 Å². The monoisotopic (exact) mass is 274 g/mol. The number of nitrogens with one attached hydrogen (secondary N) is 1. The predicted octanol–water partition coefficient (Wildman–Crippen LogP) is 2.74. The Morgan fingerprint density at radius 2 is 1.95 bits per heavy atom. The van der Waals surface area contributed by atoms with Crippen LogP contribution in [0.1, 0.15) is 51.5 Å². The third kappa shape index (κ3) is 2.95. The first-order chi connectivity index (χ1) is 9.74. The Morgan fingerprint density at radius 3 is 2.70 bits per heavy atom. The van der Waals surface area contributed by atoms with E-state index in [1.54, 1.807) is 0 Å². The molecule has 1 N–H and O–H groups in total. The average molecular weight is 274 g/mol. The fraction of sp³-hybridized carbons (Fsp3) is 0.750. The molecule has 1 saturated carbocycles. The molecule has 0 radical (unpaired) electrons. The molecule has 1 saturated heterocycles. The van der Waals surface area contributed by atoms with Crippen molar-refractivity contribution in [3.05, 3.63) is 18.0 Å². The van der Waals surface area contributed by atoms with Crippen LogP contribution in [-0.4, -0.2) is 28.6 Å². The van der Waals surface area contributed by atoms with Crippen molar-refractivity contribution in [3.8, 4) is 0 Å². The Labute approximate surface area is 122 Å². The van der Waals surface area contributed by atoms with Crippen LogP contribution in [0.4, 0.5) is 5.95 Å². The molecule has 110 valence electrons. The van der Waals surface area contributed by atoms with Crippen molar-refractivity contribution >= 4 is 5.95 Å². The zero-order chi connectivity index (χ0) is 13.9. The van der Waals surface area contributed by atoms with Crippen LogP contribution in [0.25, 0.3) is 0 Å². The largest absolute Gasteiger partial charge is 0.338 e. The molecule has 20 heavy (non-hydrogen) atoms. The van der Waals surface area contributed by atoms with Crippen LogP contribution in [0.15, 0.2) is 12.4 Å². The average Bonchev–Trinajstić information content (AvgIpc) is 2.94. The van der Waals surface area contributed by atoms with Crippen LogP contribution in [-0.2, 0) is 6.54 Å². The summed E-state index contributed by atoms with van der Waals surface area (Å²) in [6.07, 6.45) is 10.8. The summed E-state index contributed by atoms with van der Waals surface area (Å²) in [5.74, 6) is 1.82. The minimum Gasteiger partial charge on any atom is -0.338 e. The Balaban J connectivity index is 1.67. The molecule has 1 aromatic heterocycles. The van der Waals surface area contributed by atoms with Crippen molar-refractivity contribution in [2.24, 2.45) is 5.92 Å². The van der Waals surface area contributed by atoms with E-state index in [0.717, 1.165) is 25.0 Å². The number of piperidine rings is 1. The fourth-order valence-corrected chi connectivity index (χ4v) is 3.61. The van der Waals surface area contributed by atoms with Gasteiger partial charge in [0.25, 0.3) is 0 Å². The molecule has 0 amide bonds. The number of fused-ring (bicyclic) bond motifs is 1. The summed E-state index contributed by atoms with van der Waals surface area (Å²) in [6, 6.07) is 1.19. The molecule has 0 aromatic carbocycles. The Bertz CT molecular complexity index is 429. The molecule has 0 bridgehead atoms. The van der Waals surface area contributed by atoms with Gasteiger partial charge < -0.3 is 10.2 Å². The van der Waals surface area contributed by atoms with Crippen LogP contribution in [0.2, 0.25) is 0 Å². The first-order valence-corrected chi connectivity index (χ1v) is 8.05. The second kappa shape index (κ2) is 6.08. The highest BCUT2D eigenvalue weighted by Crippen LogP contribution is 2.37. The van der Waals surface area contributed by atoms with Crippen molar-refractivity contribution in [1.82, 2.24) is 15.3 Å². The predicted molar refractivity (Wildman–Crippen MR) is 81.7 cm³/mol. The van der Waals surface area contributed by atoms with Crippen LogP contribution in [0.3, 0.4) is 0 Å². The number of anilines is 1. The summed E-state index contributed by atoms with van der Waals surface area (Å²) < 4.78 is 0. The van der Waals surface area contributed by atoms with Gasteiger partial charge in [0.1, 0.15) is 0 Å². The Morgan fingerprint density at radius 1 is 1.20 bits per heavy atom. The maximum Gasteiger partial charge on any atom is 0.225 e. The van der Waals surface area contributed by atoms with Crippen molar-refractivity contribution in [2.75, 3.05) is 11.4 Å². The zero-order valence-corrected chi connectivity index (χ0v) is 12.7. The third-order valence-corrected chi connectivity index (χ3v) is 4.66. The molecule has 1 aliphatic carbocycles. The summed E-state index contributed by atoms with van der Waals surface area (Å²) in [5, 5.41) is 3.40. The maximum atomic E-state index is 4.62. The van der Waals surface area contributed by atoms with E-state index in [1.807, 2.05) is 12.4 Å². The van der Waals surface area contributed by atoms with E-state index in [-0.39, 0.29) is 0 Å². The van der Waals surface area contributed by atoms with E-state index < -0.39 is 0 Å². The van der Waals surface area contributed by atoms with E-state index in [1.165, 1.54) is 37.7 Å². The van der Waals surface area contributed by atoms with Crippen LogP contribution in [0.5, 0.6) is 0 Å². The lowest BCUT2D eigenvalue weighted by Crippen LogP contribution is -2.43. The number of hydrogen-bond acceptors (Lipinski definition) is 4. The molecule has 2 unspecified atom stereocenters. The van der Waals surface area contributed by atoms with Crippen molar-refractivity contribution in [2.45, 2.75) is 64.6 Å². The van der Waals surface area contributed by atoms with E-state index >= 15 is 0 Å². The molecule has 1 aromatic rings. The van der Waals surface area contributed by atoms with Gasteiger partial charge in [0.05, 0.1) is 0 Å². The lowest BCUT2D eigenvalue weighted by molar-refractivity contribution is 0.358. The third-order valence-electron chi connectivity index (χ3n) is 4.66. The molecule has 2 aliphatic rings. The Kier molecular flexibility index (Phi) is 4.20. The van der Waals surface area contributed by atoms with Gasteiger partial charge in [0, 0.05) is 43.1 Å². The zero-order valence-electron chi connectivity index (χ0n) is 12.7. The number of nitrogens with zero attached hydrogens (tertiary/aromatic N) is 3. The molecular weight excluding hydrogens is 248 g/mol. The van der Waals surface area contributed by atoms with E-state index in [9.17, 15) is 0 Å². The van der Waals surface area contributed by atoms with Crippen molar-refractivity contribution in [3.63, 3.8) is 0 Å². The van der Waals surface area contributed by atoms with Gasteiger partial charge in [-0.1, -0.05) is 20.3 Å². The van der Waals surface area contributed by atoms with Gasteiger partial charge in [0.15, 0.2) is 0 Å². The molecule has 3 rings (SSSR count). The van der Waals surface area contributed by atoms with Gasteiger partial charge in [-0.05, 0) is 31.6 Å². The van der Waals surface area contributed by atoms with Crippen molar-refractivity contribution in [1.29, 1.82) is 0 Å². The summed E-state index contributed by atoms with van der Waals surface area (Å²) in [4.78, 5) is 11.7. The smallest absolute Gasteiger partial charge is 0.225 e. The van der Waals surface area contributed by atoms with Gasteiger partial charge in [0.2, 0.25) is 5.95 Å². The van der Waals surface area contributed by atoms with Gasteiger partial charge in [-0.3, -0.25) is 0 Å². The molecule has 4 nitrogen and oxygen atoms in total. The summed E-state index contributed by atoms with van der Waals surface area (Å²) >= 11 is 0. The first-order valence-electron chi connectivity index (χ1n) is 8.05. The lowest BCUT2D eigenvalue weighted by Gasteiger charge is -2.37. The topological polar surface area (TPSA) is 41.1 Å². The normalized spacial score (nSPS) is 26.1. The molecule has 4 heteroatoms. The maximum absolute atomic E-state index is 4.62. The minimum atomic E-state index is 0.496.